The summed E-state index contributed by atoms with van der Waals surface area (Å²) in [6.45, 7) is 2.59. The van der Waals surface area contributed by atoms with Crippen LogP contribution in [0.1, 0.15) is 47.4 Å². The van der Waals surface area contributed by atoms with Gasteiger partial charge in [-0.15, -0.1) is 12.4 Å². The van der Waals surface area contributed by atoms with Gasteiger partial charge in [-0.05, 0) is 50.3 Å². The van der Waals surface area contributed by atoms with Crippen molar-refractivity contribution in [3.63, 3.8) is 0 Å². The Kier molecular flexibility index (Phi) is 9.14. The summed E-state index contributed by atoms with van der Waals surface area (Å²) in [5.41, 5.74) is 0.956. The Bertz CT molecular complexity index is 1170. The molecule has 10 heteroatoms. The van der Waals surface area contributed by atoms with Gasteiger partial charge in [0.15, 0.2) is 17.5 Å². The van der Waals surface area contributed by atoms with Crippen LogP contribution in [-0.2, 0) is 6.54 Å². The Labute approximate surface area is 214 Å². The molecule has 0 spiro atoms. The van der Waals surface area contributed by atoms with Gasteiger partial charge < -0.3 is 15.5 Å². The number of rotatable bonds is 7. The first-order valence-corrected chi connectivity index (χ1v) is 11.6. The average Bonchev–Trinajstić information content (AvgIpc) is 2.83. The molecule has 4 rings (SSSR count). The molecule has 0 unspecified atom stereocenters. The van der Waals surface area contributed by atoms with E-state index >= 15 is 0 Å². The van der Waals surface area contributed by atoms with Crippen molar-refractivity contribution in [3.05, 3.63) is 82.9 Å². The lowest BCUT2D eigenvalue weighted by Gasteiger charge is -2.30. The summed E-state index contributed by atoms with van der Waals surface area (Å²) in [6, 6.07) is 13.6. The molecular weight excluding hydrogens is 491 g/mol. The van der Waals surface area contributed by atoms with E-state index < -0.39 is 23.4 Å². The van der Waals surface area contributed by atoms with Gasteiger partial charge in [0.1, 0.15) is 17.5 Å². The fourth-order valence-corrected chi connectivity index (χ4v) is 4.31. The first-order chi connectivity index (χ1) is 16.8. The molecule has 1 fully saturated rings. The monoisotopic (exact) mass is 519 g/mol. The second kappa shape index (κ2) is 12.1. The predicted octanol–water partition coefficient (Wildman–Crippen LogP) is 5.41. The molecular formula is C26H29ClF3N5O. The highest BCUT2D eigenvalue weighted by atomic mass is 35.5. The van der Waals surface area contributed by atoms with Crippen molar-refractivity contribution in [2.75, 3.05) is 17.3 Å². The largest absolute Gasteiger partial charge is 0.367 e. The van der Waals surface area contributed by atoms with E-state index in [-0.39, 0.29) is 30.1 Å². The summed E-state index contributed by atoms with van der Waals surface area (Å²) in [5.74, 6) is -2.71. The Morgan fingerprint density at radius 2 is 1.58 bits per heavy atom. The van der Waals surface area contributed by atoms with Gasteiger partial charge in [-0.1, -0.05) is 30.3 Å². The molecule has 36 heavy (non-hydrogen) atoms. The molecule has 1 heterocycles. The summed E-state index contributed by atoms with van der Waals surface area (Å²) in [4.78, 5) is 23.5. The zero-order valence-electron chi connectivity index (χ0n) is 20.1. The van der Waals surface area contributed by atoms with Crippen molar-refractivity contribution in [1.29, 1.82) is 0 Å². The SMILES string of the molecule is Cc1nc(N[C@H]2CC[C@@H](NC(=O)c3cc(F)c(F)c(F)c3)CC2)cc(N(C)Cc2ccccc2)n1.Cl. The van der Waals surface area contributed by atoms with Crippen molar-refractivity contribution in [3.8, 4) is 0 Å². The van der Waals surface area contributed by atoms with E-state index in [0.717, 1.165) is 31.0 Å². The molecule has 3 aromatic rings. The number of carbonyl (C=O) groups is 1. The molecule has 1 aliphatic rings. The molecule has 2 aromatic carbocycles. The molecule has 0 aliphatic heterocycles. The van der Waals surface area contributed by atoms with Crippen LogP contribution < -0.4 is 15.5 Å². The zero-order chi connectivity index (χ0) is 24.9. The molecule has 1 amide bonds. The first kappa shape index (κ1) is 27.3. The van der Waals surface area contributed by atoms with Crippen LogP contribution in [0.3, 0.4) is 0 Å². The number of aromatic nitrogens is 2. The van der Waals surface area contributed by atoms with E-state index in [0.29, 0.717) is 30.8 Å². The second-order valence-corrected chi connectivity index (χ2v) is 8.92. The Morgan fingerprint density at radius 1 is 0.972 bits per heavy atom. The van der Waals surface area contributed by atoms with Crippen LogP contribution in [-0.4, -0.2) is 35.0 Å². The number of halogens is 4. The van der Waals surface area contributed by atoms with E-state index in [9.17, 15) is 18.0 Å². The predicted molar refractivity (Wildman–Crippen MR) is 136 cm³/mol. The van der Waals surface area contributed by atoms with E-state index in [1.807, 2.05) is 38.2 Å². The van der Waals surface area contributed by atoms with Gasteiger partial charge in [-0.25, -0.2) is 23.1 Å². The van der Waals surface area contributed by atoms with Gasteiger partial charge in [-0.3, -0.25) is 4.79 Å². The average molecular weight is 520 g/mol. The summed E-state index contributed by atoms with van der Waals surface area (Å²) in [7, 11) is 1.99. The Morgan fingerprint density at radius 3 is 2.22 bits per heavy atom. The van der Waals surface area contributed by atoms with Crippen LogP contribution in [0.4, 0.5) is 24.8 Å². The highest BCUT2D eigenvalue weighted by Gasteiger charge is 2.24. The molecule has 1 aromatic heterocycles. The van der Waals surface area contributed by atoms with Crippen LogP contribution >= 0.6 is 12.4 Å². The molecule has 0 atom stereocenters. The Hall–Kier alpha value is -3.33. The molecule has 0 bridgehead atoms. The minimum absolute atomic E-state index is 0. The van der Waals surface area contributed by atoms with E-state index in [1.54, 1.807) is 0 Å². The number of anilines is 2. The third-order valence-corrected chi connectivity index (χ3v) is 6.14. The van der Waals surface area contributed by atoms with Gasteiger partial charge in [0.2, 0.25) is 0 Å². The zero-order valence-corrected chi connectivity index (χ0v) is 20.9. The number of carbonyl (C=O) groups excluding carboxylic acids is 1. The minimum Gasteiger partial charge on any atom is -0.367 e. The van der Waals surface area contributed by atoms with Gasteiger partial charge in [-0.2, -0.15) is 0 Å². The molecule has 1 aliphatic carbocycles. The summed E-state index contributed by atoms with van der Waals surface area (Å²) >= 11 is 0. The van der Waals surface area contributed by atoms with Gasteiger partial charge in [0.05, 0.1) is 0 Å². The number of aryl methyl sites for hydroxylation is 1. The maximum atomic E-state index is 13.4. The summed E-state index contributed by atoms with van der Waals surface area (Å²) in [5, 5.41) is 6.27. The molecule has 0 saturated heterocycles. The lowest BCUT2D eigenvalue weighted by Crippen LogP contribution is -2.40. The number of hydrogen-bond acceptors (Lipinski definition) is 5. The minimum atomic E-state index is -1.58. The van der Waals surface area contributed by atoms with Crippen LogP contribution in [0.15, 0.2) is 48.5 Å². The van der Waals surface area contributed by atoms with Crippen molar-refractivity contribution in [2.45, 2.75) is 51.2 Å². The fraction of sp³-hybridized carbons (Fsp3) is 0.346. The van der Waals surface area contributed by atoms with Gasteiger partial charge >= 0.3 is 0 Å². The highest BCUT2D eigenvalue weighted by molar-refractivity contribution is 5.94. The van der Waals surface area contributed by atoms with Crippen molar-refractivity contribution >= 4 is 29.9 Å². The topological polar surface area (TPSA) is 70.2 Å². The maximum Gasteiger partial charge on any atom is 0.251 e. The summed E-state index contributed by atoms with van der Waals surface area (Å²) in [6.07, 6.45) is 2.96. The van der Waals surface area contributed by atoms with E-state index in [2.05, 4.69) is 37.6 Å². The number of hydrogen-bond donors (Lipinski definition) is 2. The van der Waals surface area contributed by atoms with Gasteiger partial charge in [0.25, 0.3) is 5.91 Å². The lowest BCUT2D eigenvalue weighted by atomic mass is 9.91. The first-order valence-electron chi connectivity index (χ1n) is 11.6. The van der Waals surface area contributed by atoms with Crippen molar-refractivity contribution < 1.29 is 18.0 Å². The molecule has 6 nitrogen and oxygen atoms in total. The maximum absolute atomic E-state index is 13.4. The van der Waals surface area contributed by atoms with Crippen molar-refractivity contribution in [2.24, 2.45) is 0 Å². The van der Waals surface area contributed by atoms with Crippen LogP contribution in [0.5, 0.6) is 0 Å². The number of nitrogens with zero attached hydrogens (tertiary/aromatic N) is 3. The standard InChI is InChI=1S/C26H28F3N5O.ClH/c1-16-30-23(14-24(31-16)34(2)15-17-6-4-3-5-7-17)32-19-8-10-20(11-9-19)33-26(35)18-12-21(27)25(29)22(28)13-18;/h3-7,12-14,19-20H,8-11,15H2,1-2H3,(H,33,35)(H,30,31,32);1H/t19-,20+;. The third-order valence-electron chi connectivity index (χ3n) is 6.14. The Balaban J connectivity index is 0.00000361. The smallest absolute Gasteiger partial charge is 0.251 e. The highest BCUT2D eigenvalue weighted by Crippen LogP contribution is 2.24. The van der Waals surface area contributed by atoms with Crippen molar-refractivity contribution in [1.82, 2.24) is 15.3 Å². The molecule has 0 radical (unpaired) electrons. The van der Waals surface area contributed by atoms with Crippen LogP contribution in [0.25, 0.3) is 0 Å². The molecule has 2 N–H and O–H groups in total. The number of benzene rings is 2. The summed E-state index contributed by atoms with van der Waals surface area (Å²) < 4.78 is 40.0. The fourth-order valence-electron chi connectivity index (χ4n) is 4.31. The van der Waals surface area contributed by atoms with Crippen LogP contribution in [0, 0.1) is 24.4 Å². The molecule has 1 saturated carbocycles. The number of amides is 1. The molecule has 192 valence electrons. The van der Waals surface area contributed by atoms with Crippen LogP contribution in [0.2, 0.25) is 0 Å². The van der Waals surface area contributed by atoms with Gasteiger partial charge in [0, 0.05) is 37.3 Å². The lowest BCUT2D eigenvalue weighted by molar-refractivity contribution is 0.0925. The second-order valence-electron chi connectivity index (χ2n) is 8.92. The van der Waals surface area contributed by atoms with E-state index in [4.69, 9.17) is 0 Å². The van der Waals surface area contributed by atoms with E-state index in [1.165, 1.54) is 5.56 Å². The normalized spacial score (nSPS) is 17.1. The third kappa shape index (κ3) is 6.87. The quantitative estimate of drug-likeness (QED) is 0.408. The number of nitrogens with one attached hydrogen (secondary N) is 2.